The fraction of sp³-hybridized carbons (Fsp3) is 0.647. The van der Waals surface area contributed by atoms with Crippen LogP contribution in [0.3, 0.4) is 0 Å². The van der Waals surface area contributed by atoms with Gasteiger partial charge in [-0.15, -0.1) is 0 Å². The third-order valence-corrected chi connectivity index (χ3v) is 4.93. The van der Waals surface area contributed by atoms with E-state index in [1.807, 2.05) is 13.8 Å². The number of hydrogen-bond acceptors (Lipinski definition) is 2. The van der Waals surface area contributed by atoms with E-state index < -0.39 is 0 Å². The van der Waals surface area contributed by atoms with Gasteiger partial charge >= 0.3 is 0 Å². The minimum atomic E-state index is 0.0184. The number of H-pyrrole nitrogens is 1. The molecule has 1 aromatic rings. The van der Waals surface area contributed by atoms with E-state index in [-0.39, 0.29) is 11.6 Å². The second kappa shape index (κ2) is 5.76. The van der Waals surface area contributed by atoms with Gasteiger partial charge < -0.3 is 9.47 Å². The maximum Gasteiger partial charge on any atom is 0.233 e. The number of Topliss-reactive ketones (excluding diaryl/α,β-unsaturated/α-hetero) is 2. The quantitative estimate of drug-likeness (QED) is 0.669. The number of ketones is 2. The highest BCUT2D eigenvalue weighted by atomic mass is 16.1. The van der Waals surface area contributed by atoms with Crippen molar-refractivity contribution in [2.45, 2.75) is 52.5 Å². The Morgan fingerprint density at radius 1 is 1.19 bits per heavy atom. The van der Waals surface area contributed by atoms with E-state index in [4.69, 9.17) is 0 Å². The first-order valence-corrected chi connectivity index (χ1v) is 7.80. The van der Waals surface area contributed by atoms with E-state index >= 15 is 0 Å². The second-order valence-corrected chi connectivity index (χ2v) is 6.98. The second-order valence-electron chi connectivity index (χ2n) is 6.98. The Morgan fingerprint density at radius 3 is 2.24 bits per heavy atom. The van der Waals surface area contributed by atoms with E-state index in [1.54, 1.807) is 6.92 Å². The molecule has 0 aromatic carbocycles. The topological polar surface area (TPSA) is 49.9 Å². The SMILES string of the molecule is CC(=O)c1c(C)[nH]c(C(=O)C[N+](C)(C)C2CCCC2)c1C. The number of aromatic nitrogens is 1. The van der Waals surface area contributed by atoms with Crippen molar-refractivity contribution in [2.24, 2.45) is 0 Å². The van der Waals surface area contributed by atoms with Crippen molar-refractivity contribution < 1.29 is 14.1 Å². The third kappa shape index (κ3) is 3.10. The molecule has 116 valence electrons. The van der Waals surface area contributed by atoms with Crippen LogP contribution in [-0.4, -0.2) is 47.7 Å². The lowest BCUT2D eigenvalue weighted by Gasteiger charge is -2.35. The number of aromatic amines is 1. The van der Waals surface area contributed by atoms with Crippen LogP contribution in [0.15, 0.2) is 0 Å². The first kappa shape index (κ1) is 16.0. The number of carbonyl (C=O) groups excluding carboxylic acids is 2. The smallest absolute Gasteiger partial charge is 0.233 e. The molecule has 1 aromatic heterocycles. The summed E-state index contributed by atoms with van der Waals surface area (Å²) in [5, 5.41) is 0. The first-order chi connectivity index (χ1) is 9.74. The lowest BCUT2D eigenvalue weighted by molar-refractivity contribution is -0.906. The van der Waals surface area contributed by atoms with Crippen molar-refractivity contribution in [1.29, 1.82) is 0 Å². The number of likely N-dealkylation sites (N-methyl/N-ethyl adjacent to an activating group) is 1. The lowest BCUT2D eigenvalue weighted by Crippen LogP contribution is -2.50. The highest BCUT2D eigenvalue weighted by Gasteiger charge is 2.34. The maximum absolute atomic E-state index is 12.7. The Hall–Kier alpha value is -1.42. The number of nitrogens with one attached hydrogen (secondary N) is 1. The number of carbonyl (C=O) groups is 2. The average molecular weight is 291 g/mol. The summed E-state index contributed by atoms with van der Waals surface area (Å²) in [6.45, 7) is 5.76. The fourth-order valence-corrected chi connectivity index (χ4v) is 3.74. The van der Waals surface area contributed by atoms with E-state index in [0.29, 0.717) is 23.8 Å². The van der Waals surface area contributed by atoms with Crippen LogP contribution in [0.25, 0.3) is 0 Å². The molecule has 2 rings (SSSR count). The summed E-state index contributed by atoms with van der Waals surface area (Å²) in [6.07, 6.45) is 4.97. The molecule has 0 bridgehead atoms. The van der Waals surface area contributed by atoms with E-state index in [2.05, 4.69) is 19.1 Å². The Labute approximate surface area is 127 Å². The Morgan fingerprint density at radius 2 is 1.76 bits per heavy atom. The van der Waals surface area contributed by atoms with Gasteiger partial charge in [0.2, 0.25) is 5.78 Å². The van der Waals surface area contributed by atoms with Crippen LogP contribution in [0.2, 0.25) is 0 Å². The van der Waals surface area contributed by atoms with Crippen LogP contribution in [-0.2, 0) is 0 Å². The minimum absolute atomic E-state index is 0.0184. The Balaban J connectivity index is 2.21. The summed E-state index contributed by atoms with van der Waals surface area (Å²) in [5.41, 5.74) is 2.89. The van der Waals surface area contributed by atoms with E-state index in [1.165, 1.54) is 25.7 Å². The number of quaternary nitrogens is 1. The van der Waals surface area contributed by atoms with Crippen LogP contribution < -0.4 is 0 Å². The maximum atomic E-state index is 12.7. The van der Waals surface area contributed by atoms with Gasteiger partial charge in [0.1, 0.15) is 6.54 Å². The van der Waals surface area contributed by atoms with Crippen molar-refractivity contribution in [3.63, 3.8) is 0 Å². The molecule has 0 saturated heterocycles. The largest absolute Gasteiger partial charge is 0.355 e. The molecule has 1 saturated carbocycles. The molecule has 1 fully saturated rings. The molecule has 1 aliphatic carbocycles. The first-order valence-electron chi connectivity index (χ1n) is 7.80. The van der Waals surface area contributed by atoms with Crippen molar-refractivity contribution in [2.75, 3.05) is 20.6 Å². The molecule has 1 heterocycles. The van der Waals surface area contributed by atoms with Gasteiger partial charge in [-0.2, -0.15) is 0 Å². The molecule has 21 heavy (non-hydrogen) atoms. The van der Waals surface area contributed by atoms with Crippen LogP contribution in [0.5, 0.6) is 0 Å². The number of nitrogens with zero attached hydrogens (tertiary/aromatic N) is 1. The number of aryl methyl sites for hydroxylation is 1. The summed E-state index contributed by atoms with van der Waals surface area (Å²) in [4.78, 5) is 27.5. The average Bonchev–Trinajstić information content (AvgIpc) is 2.96. The standard InChI is InChI=1S/C17H26N2O2/c1-11-16(13(3)20)12(2)18-17(11)15(21)10-19(4,5)14-8-6-7-9-14/h14H,6-10H2,1-5H3/p+1. The molecule has 4 nitrogen and oxygen atoms in total. The predicted octanol–water partition coefficient (Wildman–Crippen LogP) is 3.04. The van der Waals surface area contributed by atoms with Crippen LogP contribution in [0.1, 0.15) is 64.7 Å². The molecule has 0 radical (unpaired) electrons. The van der Waals surface area contributed by atoms with E-state index in [9.17, 15) is 9.59 Å². The summed E-state index contributed by atoms with van der Waals surface area (Å²) >= 11 is 0. The van der Waals surface area contributed by atoms with Gasteiger partial charge in [0.15, 0.2) is 5.78 Å². The summed E-state index contributed by atoms with van der Waals surface area (Å²) in [5.74, 6) is 0.129. The normalized spacial score (nSPS) is 16.4. The molecular formula is C17H27N2O2+. The molecule has 1 aliphatic rings. The molecule has 0 unspecified atom stereocenters. The van der Waals surface area contributed by atoms with Crippen molar-refractivity contribution in [3.8, 4) is 0 Å². The highest BCUT2D eigenvalue weighted by Crippen LogP contribution is 2.27. The molecule has 0 aliphatic heterocycles. The van der Waals surface area contributed by atoms with Crippen LogP contribution in [0.4, 0.5) is 0 Å². The van der Waals surface area contributed by atoms with E-state index in [0.717, 1.165) is 15.7 Å². The Kier molecular flexibility index (Phi) is 4.38. The molecule has 0 spiro atoms. The number of rotatable bonds is 5. The third-order valence-electron chi connectivity index (χ3n) is 4.93. The van der Waals surface area contributed by atoms with Gasteiger partial charge in [-0.1, -0.05) is 0 Å². The summed E-state index contributed by atoms with van der Waals surface area (Å²) in [6, 6.07) is 0.581. The van der Waals surface area contributed by atoms with Crippen molar-refractivity contribution in [3.05, 3.63) is 22.5 Å². The predicted molar refractivity (Wildman–Crippen MR) is 83.8 cm³/mol. The number of hydrogen-bond donors (Lipinski definition) is 1. The monoisotopic (exact) mass is 291 g/mol. The van der Waals surface area contributed by atoms with Gasteiger partial charge in [-0.05, 0) is 52.0 Å². The lowest BCUT2D eigenvalue weighted by atomic mass is 10.0. The molecular weight excluding hydrogens is 264 g/mol. The fourth-order valence-electron chi connectivity index (χ4n) is 3.74. The van der Waals surface area contributed by atoms with Gasteiger partial charge in [0, 0.05) is 11.3 Å². The van der Waals surface area contributed by atoms with Crippen molar-refractivity contribution in [1.82, 2.24) is 4.98 Å². The molecule has 0 atom stereocenters. The van der Waals surface area contributed by atoms with Gasteiger partial charge in [-0.25, -0.2) is 0 Å². The zero-order valence-corrected chi connectivity index (χ0v) is 13.9. The molecule has 0 amide bonds. The van der Waals surface area contributed by atoms with Crippen LogP contribution >= 0.6 is 0 Å². The highest BCUT2D eigenvalue weighted by molar-refractivity contribution is 6.03. The Bertz CT molecular complexity index is 564. The summed E-state index contributed by atoms with van der Waals surface area (Å²) in [7, 11) is 4.29. The van der Waals surface area contributed by atoms with Gasteiger partial charge in [-0.3, -0.25) is 9.59 Å². The summed E-state index contributed by atoms with van der Waals surface area (Å²) < 4.78 is 0.742. The van der Waals surface area contributed by atoms with Gasteiger partial charge in [0.25, 0.3) is 0 Å². The molecule has 1 N–H and O–H groups in total. The van der Waals surface area contributed by atoms with Crippen molar-refractivity contribution >= 4 is 11.6 Å². The zero-order valence-electron chi connectivity index (χ0n) is 13.9. The molecule has 4 heteroatoms. The zero-order chi connectivity index (χ0) is 15.8. The van der Waals surface area contributed by atoms with Gasteiger partial charge in [0.05, 0.1) is 25.8 Å². The minimum Gasteiger partial charge on any atom is -0.355 e. The van der Waals surface area contributed by atoms with Crippen LogP contribution in [0, 0.1) is 13.8 Å².